The molecule has 2 heteroatoms. The van der Waals surface area contributed by atoms with E-state index in [1.165, 1.54) is 16.7 Å². The van der Waals surface area contributed by atoms with Crippen molar-refractivity contribution in [1.29, 1.82) is 0 Å². The number of hydrogen-bond acceptors (Lipinski definition) is 2. The van der Waals surface area contributed by atoms with Crippen LogP contribution in [-0.4, -0.2) is 18.5 Å². The van der Waals surface area contributed by atoms with Gasteiger partial charge in [-0.1, -0.05) is 91.0 Å². The van der Waals surface area contributed by atoms with Crippen molar-refractivity contribution < 1.29 is 9.47 Å². The van der Waals surface area contributed by atoms with Gasteiger partial charge in [-0.2, -0.15) is 0 Å². The Labute approximate surface area is 174 Å². The smallest absolute Gasteiger partial charge is 0.158 e. The summed E-state index contributed by atoms with van der Waals surface area (Å²) in [5.41, 5.74) is 4.07. The lowest BCUT2D eigenvalue weighted by Crippen LogP contribution is -2.23. The van der Waals surface area contributed by atoms with Gasteiger partial charge in [0.1, 0.15) is 0 Å². The first-order valence-corrected chi connectivity index (χ1v) is 10.8. The van der Waals surface area contributed by atoms with Crippen molar-refractivity contribution in [2.45, 2.75) is 57.0 Å². The van der Waals surface area contributed by atoms with E-state index in [0.29, 0.717) is 0 Å². The van der Waals surface area contributed by atoms with E-state index >= 15 is 0 Å². The highest BCUT2D eigenvalue weighted by Crippen LogP contribution is 2.29. The molecule has 150 valence electrons. The molecule has 1 saturated heterocycles. The zero-order valence-corrected chi connectivity index (χ0v) is 17.0. The average Bonchev–Trinajstić information content (AvgIpc) is 3.19. The van der Waals surface area contributed by atoms with Gasteiger partial charge < -0.3 is 9.47 Å². The highest BCUT2D eigenvalue weighted by Gasteiger charge is 2.35. The SMILES string of the molecule is c1ccc(CCC2O[C@H](CCc3ccccc3)[C@@H](CCc3ccccc3)O2)cc1. The van der Waals surface area contributed by atoms with Gasteiger partial charge in [0, 0.05) is 6.42 Å². The van der Waals surface area contributed by atoms with Crippen molar-refractivity contribution in [1.82, 2.24) is 0 Å². The van der Waals surface area contributed by atoms with Crippen molar-refractivity contribution in [2.24, 2.45) is 0 Å². The minimum absolute atomic E-state index is 0.100. The van der Waals surface area contributed by atoms with Crippen molar-refractivity contribution in [3.8, 4) is 0 Å². The Morgan fingerprint density at radius 2 is 0.793 bits per heavy atom. The quantitative estimate of drug-likeness (QED) is 0.449. The van der Waals surface area contributed by atoms with Crippen LogP contribution in [0.3, 0.4) is 0 Å². The predicted octanol–water partition coefficient (Wildman–Crippen LogP) is 5.99. The molecule has 0 saturated carbocycles. The van der Waals surface area contributed by atoms with E-state index in [9.17, 15) is 0 Å². The fourth-order valence-electron chi connectivity index (χ4n) is 4.08. The summed E-state index contributed by atoms with van der Waals surface area (Å²) in [6.45, 7) is 0. The first-order chi connectivity index (χ1) is 14.4. The first-order valence-electron chi connectivity index (χ1n) is 10.8. The van der Waals surface area contributed by atoms with Crippen molar-refractivity contribution in [3.63, 3.8) is 0 Å². The lowest BCUT2D eigenvalue weighted by atomic mass is 9.99. The Balaban J connectivity index is 1.35. The molecule has 2 atom stereocenters. The normalized spacial score (nSPS) is 19.4. The molecule has 0 unspecified atom stereocenters. The van der Waals surface area contributed by atoms with Crippen molar-refractivity contribution in [3.05, 3.63) is 108 Å². The molecule has 4 rings (SSSR count). The van der Waals surface area contributed by atoms with E-state index in [1.54, 1.807) is 0 Å². The molecule has 0 bridgehead atoms. The van der Waals surface area contributed by atoms with Gasteiger partial charge in [0.2, 0.25) is 0 Å². The van der Waals surface area contributed by atoms with Crippen LogP contribution in [0.25, 0.3) is 0 Å². The third-order valence-electron chi connectivity index (χ3n) is 5.70. The van der Waals surface area contributed by atoms with Crippen LogP contribution in [0.15, 0.2) is 91.0 Å². The van der Waals surface area contributed by atoms with Gasteiger partial charge in [-0.15, -0.1) is 0 Å². The van der Waals surface area contributed by atoms with Crippen molar-refractivity contribution >= 4 is 0 Å². The number of ether oxygens (including phenoxy) is 2. The second kappa shape index (κ2) is 10.4. The predicted molar refractivity (Wildman–Crippen MR) is 118 cm³/mol. The molecule has 1 heterocycles. The Bertz CT molecular complexity index is 781. The lowest BCUT2D eigenvalue weighted by Gasteiger charge is -2.16. The number of benzene rings is 3. The van der Waals surface area contributed by atoms with E-state index < -0.39 is 0 Å². The fourth-order valence-corrected chi connectivity index (χ4v) is 4.08. The lowest BCUT2D eigenvalue weighted by molar-refractivity contribution is -0.0710. The zero-order valence-electron chi connectivity index (χ0n) is 17.0. The van der Waals surface area contributed by atoms with E-state index in [4.69, 9.17) is 9.47 Å². The number of rotatable bonds is 9. The Kier molecular flexibility index (Phi) is 7.12. The average molecular weight is 387 g/mol. The maximum atomic E-state index is 6.38. The summed E-state index contributed by atoms with van der Waals surface area (Å²) in [6, 6.07) is 32.0. The van der Waals surface area contributed by atoms with Crippen LogP contribution in [0, 0.1) is 0 Å². The van der Waals surface area contributed by atoms with Crippen LogP contribution in [0.1, 0.15) is 36.0 Å². The Hall–Kier alpha value is -2.42. The summed E-state index contributed by atoms with van der Waals surface area (Å²) in [5.74, 6) is 0. The van der Waals surface area contributed by atoms with Crippen molar-refractivity contribution in [2.75, 3.05) is 0 Å². The molecular formula is C27H30O2. The minimum atomic E-state index is -0.100. The van der Waals surface area contributed by atoms with Crippen LogP contribution in [0.4, 0.5) is 0 Å². The molecule has 2 nitrogen and oxygen atoms in total. The van der Waals surface area contributed by atoms with Gasteiger partial charge in [-0.3, -0.25) is 0 Å². The molecule has 1 aliphatic rings. The van der Waals surface area contributed by atoms with Crippen LogP contribution in [-0.2, 0) is 28.7 Å². The van der Waals surface area contributed by atoms with Crippen LogP contribution < -0.4 is 0 Å². The first kappa shape index (κ1) is 19.9. The van der Waals surface area contributed by atoms with Gasteiger partial charge in [0.15, 0.2) is 6.29 Å². The third kappa shape index (κ3) is 6.03. The molecule has 0 aromatic heterocycles. The van der Waals surface area contributed by atoms with Gasteiger partial charge in [0.25, 0.3) is 0 Å². The summed E-state index contributed by atoms with van der Waals surface area (Å²) < 4.78 is 12.8. The van der Waals surface area contributed by atoms with E-state index in [2.05, 4.69) is 91.0 Å². The molecule has 0 amide bonds. The van der Waals surface area contributed by atoms with Crippen LogP contribution >= 0.6 is 0 Å². The zero-order chi connectivity index (χ0) is 19.7. The van der Waals surface area contributed by atoms with Gasteiger partial charge >= 0.3 is 0 Å². The second-order valence-corrected chi connectivity index (χ2v) is 7.85. The summed E-state index contributed by atoms with van der Waals surface area (Å²) >= 11 is 0. The monoisotopic (exact) mass is 386 g/mol. The molecule has 3 aromatic carbocycles. The summed E-state index contributed by atoms with van der Waals surface area (Å²) in [6.07, 6.45) is 6.20. The molecule has 0 aliphatic carbocycles. The summed E-state index contributed by atoms with van der Waals surface area (Å²) in [5, 5.41) is 0. The maximum absolute atomic E-state index is 6.38. The second-order valence-electron chi connectivity index (χ2n) is 7.85. The Morgan fingerprint density at radius 3 is 1.17 bits per heavy atom. The topological polar surface area (TPSA) is 18.5 Å². The largest absolute Gasteiger partial charge is 0.347 e. The molecule has 29 heavy (non-hydrogen) atoms. The van der Waals surface area contributed by atoms with Crippen LogP contribution in [0.5, 0.6) is 0 Å². The van der Waals surface area contributed by atoms with Gasteiger partial charge in [-0.05, 0) is 48.8 Å². The Morgan fingerprint density at radius 1 is 0.448 bits per heavy atom. The van der Waals surface area contributed by atoms with Gasteiger partial charge in [-0.25, -0.2) is 0 Å². The standard InChI is InChI=1S/C27H30O2/c1-4-10-22(11-5-1)16-19-25-26(20-17-23-12-6-2-7-13-23)29-27(28-25)21-18-24-14-8-3-9-15-24/h1-15,25-27H,16-21H2/t25-,26-/m1/s1. The molecule has 1 aliphatic heterocycles. The molecule has 3 aromatic rings. The molecular weight excluding hydrogens is 356 g/mol. The third-order valence-corrected chi connectivity index (χ3v) is 5.70. The molecule has 0 spiro atoms. The van der Waals surface area contributed by atoms with E-state index in [0.717, 1.165) is 38.5 Å². The van der Waals surface area contributed by atoms with Crippen LogP contribution in [0.2, 0.25) is 0 Å². The molecule has 0 N–H and O–H groups in total. The highest BCUT2D eigenvalue weighted by molar-refractivity contribution is 5.17. The molecule has 0 radical (unpaired) electrons. The summed E-state index contributed by atoms with van der Waals surface area (Å²) in [4.78, 5) is 0. The maximum Gasteiger partial charge on any atom is 0.158 e. The highest BCUT2D eigenvalue weighted by atomic mass is 16.7. The minimum Gasteiger partial charge on any atom is -0.347 e. The van der Waals surface area contributed by atoms with E-state index in [1.807, 2.05) is 0 Å². The fraction of sp³-hybridized carbons (Fsp3) is 0.333. The van der Waals surface area contributed by atoms with E-state index in [-0.39, 0.29) is 18.5 Å². The number of aryl methyl sites for hydroxylation is 3. The number of hydrogen-bond donors (Lipinski definition) is 0. The summed E-state index contributed by atoms with van der Waals surface area (Å²) in [7, 11) is 0. The van der Waals surface area contributed by atoms with Gasteiger partial charge in [0.05, 0.1) is 12.2 Å². The molecule has 1 fully saturated rings.